The van der Waals surface area contributed by atoms with E-state index >= 15 is 0 Å². The molecule has 8 heteroatoms. The molecule has 1 amide bonds. The van der Waals surface area contributed by atoms with Crippen LogP contribution in [0.5, 0.6) is 0 Å². The maximum Gasteiger partial charge on any atom is 0.435 e. The second-order valence-electron chi connectivity index (χ2n) is 7.18. The summed E-state index contributed by atoms with van der Waals surface area (Å²) in [5.41, 5.74) is 1.06. The van der Waals surface area contributed by atoms with Crippen LogP contribution in [-0.2, 0) is 25.6 Å². The van der Waals surface area contributed by atoms with Crippen molar-refractivity contribution >= 4 is 5.91 Å². The number of halogens is 3. The van der Waals surface area contributed by atoms with Crippen LogP contribution >= 0.6 is 0 Å². The summed E-state index contributed by atoms with van der Waals surface area (Å²) in [6.07, 6.45) is -0.412. The first-order valence-corrected chi connectivity index (χ1v) is 9.41. The van der Waals surface area contributed by atoms with Crippen molar-refractivity contribution in [3.63, 3.8) is 0 Å². The van der Waals surface area contributed by atoms with Gasteiger partial charge in [-0.25, -0.2) is 4.68 Å². The summed E-state index contributed by atoms with van der Waals surface area (Å²) in [7, 11) is 1.66. The molecular formula is C21H20F3N3O2. The quantitative estimate of drug-likeness (QED) is 0.638. The molecule has 4 rings (SSSR count). The van der Waals surface area contributed by atoms with E-state index in [1.807, 2.05) is 0 Å². The Kier molecular flexibility index (Phi) is 4.94. The molecule has 0 aliphatic heterocycles. The molecule has 0 unspecified atom stereocenters. The van der Waals surface area contributed by atoms with Gasteiger partial charge < -0.3 is 9.32 Å². The number of amides is 1. The number of benzene rings is 1. The summed E-state index contributed by atoms with van der Waals surface area (Å²) in [6.45, 7) is 0.329. The highest BCUT2D eigenvalue weighted by molar-refractivity contribution is 5.94. The number of alkyl halides is 3. The molecule has 2 heterocycles. The number of hydrogen-bond acceptors (Lipinski definition) is 3. The fourth-order valence-corrected chi connectivity index (χ4v) is 3.71. The van der Waals surface area contributed by atoms with E-state index in [1.54, 1.807) is 49.7 Å². The normalized spacial score (nSPS) is 13.9. The van der Waals surface area contributed by atoms with Gasteiger partial charge >= 0.3 is 6.18 Å². The van der Waals surface area contributed by atoms with Gasteiger partial charge in [-0.1, -0.05) is 0 Å². The van der Waals surface area contributed by atoms with Crippen LogP contribution in [0.25, 0.3) is 5.69 Å². The lowest BCUT2D eigenvalue weighted by molar-refractivity contribution is -0.142. The minimum atomic E-state index is -4.48. The Morgan fingerprint density at radius 3 is 2.55 bits per heavy atom. The number of furan rings is 1. The first-order chi connectivity index (χ1) is 13.8. The zero-order valence-electron chi connectivity index (χ0n) is 15.9. The molecule has 0 saturated carbocycles. The molecule has 5 nitrogen and oxygen atoms in total. The van der Waals surface area contributed by atoms with Gasteiger partial charge in [0.15, 0.2) is 5.69 Å². The monoisotopic (exact) mass is 403 g/mol. The number of carbonyl (C=O) groups excluding carboxylic acids is 1. The molecule has 3 aromatic rings. The lowest BCUT2D eigenvalue weighted by Gasteiger charge is -2.17. The van der Waals surface area contributed by atoms with Crippen LogP contribution in [0.1, 0.15) is 45.9 Å². The Balaban J connectivity index is 1.60. The van der Waals surface area contributed by atoms with Crippen molar-refractivity contribution in [2.45, 2.75) is 38.4 Å². The van der Waals surface area contributed by atoms with Gasteiger partial charge in [0.05, 0.1) is 18.5 Å². The number of hydrogen-bond donors (Lipinski definition) is 0. The van der Waals surface area contributed by atoms with Crippen LogP contribution < -0.4 is 0 Å². The van der Waals surface area contributed by atoms with Gasteiger partial charge in [0.1, 0.15) is 5.76 Å². The molecule has 1 aliphatic rings. The smallest absolute Gasteiger partial charge is 0.435 e. The van der Waals surface area contributed by atoms with Crippen LogP contribution in [0.3, 0.4) is 0 Å². The van der Waals surface area contributed by atoms with E-state index in [4.69, 9.17) is 4.42 Å². The van der Waals surface area contributed by atoms with E-state index in [-0.39, 0.29) is 5.91 Å². The highest BCUT2D eigenvalue weighted by Crippen LogP contribution is 2.36. The Morgan fingerprint density at radius 1 is 1.17 bits per heavy atom. The second kappa shape index (κ2) is 7.42. The fourth-order valence-electron chi connectivity index (χ4n) is 3.71. The first kappa shape index (κ1) is 19.3. The maximum atomic E-state index is 13.4. The number of fused-ring (bicyclic) bond motifs is 1. The minimum Gasteiger partial charge on any atom is -0.467 e. The zero-order chi connectivity index (χ0) is 20.6. The van der Waals surface area contributed by atoms with E-state index in [9.17, 15) is 18.0 Å². The molecule has 0 N–H and O–H groups in total. The van der Waals surface area contributed by atoms with Crippen LogP contribution in [-0.4, -0.2) is 27.6 Å². The lowest BCUT2D eigenvalue weighted by Crippen LogP contribution is -2.26. The molecule has 29 heavy (non-hydrogen) atoms. The topological polar surface area (TPSA) is 51.3 Å². The van der Waals surface area contributed by atoms with Crippen LogP contribution in [0.2, 0.25) is 0 Å². The Labute approximate surface area is 165 Å². The molecule has 0 saturated heterocycles. The number of aromatic nitrogens is 2. The number of nitrogens with zero attached hydrogens (tertiary/aromatic N) is 3. The summed E-state index contributed by atoms with van der Waals surface area (Å²) < 4.78 is 46.8. The number of rotatable bonds is 4. The molecule has 1 aromatic carbocycles. The van der Waals surface area contributed by atoms with E-state index in [2.05, 4.69) is 5.10 Å². The molecule has 0 fully saturated rings. The minimum absolute atomic E-state index is 0.202. The Bertz CT molecular complexity index is 1010. The van der Waals surface area contributed by atoms with Gasteiger partial charge in [0.25, 0.3) is 5.91 Å². The van der Waals surface area contributed by atoms with Gasteiger partial charge in [0.2, 0.25) is 0 Å². The van der Waals surface area contributed by atoms with Crippen molar-refractivity contribution in [2.24, 2.45) is 0 Å². The molecule has 0 atom stereocenters. The maximum absolute atomic E-state index is 13.4. The van der Waals surface area contributed by atoms with Crippen molar-refractivity contribution in [1.29, 1.82) is 0 Å². The third-order valence-corrected chi connectivity index (χ3v) is 5.13. The molecule has 1 aliphatic carbocycles. The van der Waals surface area contributed by atoms with Gasteiger partial charge in [-0.05, 0) is 62.1 Å². The highest BCUT2D eigenvalue weighted by Gasteiger charge is 2.39. The van der Waals surface area contributed by atoms with Crippen molar-refractivity contribution in [1.82, 2.24) is 14.7 Å². The summed E-state index contributed by atoms with van der Waals surface area (Å²) in [6, 6.07) is 10.0. The Morgan fingerprint density at radius 2 is 1.90 bits per heavy atom. The number of carbonyl (C=O) groups is 1. The van der Waals surface area contributed by atoms with Crippen molar-refractivity contribution in [3.8, 4) is 5.69 Å². The van der Waals surface area contributed by atoms with Crippen LogP contribution in [0, 0.1) is 0 Å². The summed E-state index contributed by atoms with van der Waals surface area (Å²) >= 11 is 0. The van der Waals surface area contributed by atoms with Gasteiger partial charge in [-0.3, -0.25) is 4.79 Å². The average Bonchev–Trinajstić information content (AvgIpc) is 3.35. The van der Waals surface area contributed by atoms with E-state index in [1.165, 1.54) is 9.58 Å². The van der Waals surface area contributed by atoms with Gasteiger partial charge in [0, 0.05) is 23.9 Å². The highest BCUT2D eigenvalue weighted by atomic mass is 19.4. The average molecular weight is 403 g/mol. The van der Waals surface area contributed by atoms with E-state index < -0.39 is 11.9 Å². The van der Waals surface area contributed by atoms with Crippen molar-refractivity contribution < 1.29 is 22.4 Å². The molecule has 0 radical (unpaired) electrons. The molecule has 0 bridgehead atoms. The summed E-state index contributed by atoms with van der Waals surface area (Å²) in [4.78, 5) is 14.1. The summed E-state index contributed by atoms with van der Waals surface area (Å²) in [5.74, 6) is 0.465. The Hall–Kier alpha value is -3.03. The van der Waals surface area contributed by atoms with E-state index in [0.717, 1.165) is 12.8 Å². The zero-order valence-corrected chi connectivity index (χ0v) is 15.9. The third kappa shape index (κ3) is 3.79. The fraction of sp³-hybridized carbons (Fsp3) is 0.333. The van der Waals surface area contributed by atoms with Crippen LogP contribution in [0.4, 0.5) is 13.2 Å². The standard InChI is InChI=1S/C21H20F3N3O2/c1-26(13-16-5-4-12-29-16)20(28)14-8-10-15(11-9-14)27-18-7-3-2-6-17(18)19(25-27)21(22,23)24/h4-5,8-12H,2-3,6-7,13H2,1H3. The molecule has 0 spiro atoms. The SMILES string of the molecule is CN(Cc1ccco1)C(=O)c1ccc(-n2nc(C(F)(F)F)c3c2CCCC3)cc1. The second-order valence-corrected chi connectivity index (χ2v) is 7.18. The molecule has 152 valence electrons. The van der Waals surface area contributed by atoms with Crippen molar-refractivity contribution in [3.05, 3.63) is 70.9 Å². The summed E-state index contributed by atoms with van der Waals surface area (Å²) in [5, 5.41) is 3.88. The lowest BCUT2D eigenvalue weighted by atomic mass is 9.95. The first-order valence-electron chi connectivity index (χ1n) is 9.41. The predicted octanol–water partition coefficient (Wildman–Crippen LogP) is 4.64. The predicted molar refractivity (Wildman–Crippen MR) is 99.7 cm³/mol. The van der Waals surface area contributed by atoms with E-state index in [0.29, 0.717) is 47.7 Å². The molecular weight excluding hydrogens is 383 g/mol. The van der Waals surface area contributed by atoms with Crippen LogP contribution in [0.15, 0.2) is 47.1 Å². The largest absolute Gasteiger partial charge is 0.467 e. The molecule has 2 aromatic heterocycles. The van der Waals surface area contributed by atoms with Crippen molar-refractivity contribution in [2.75, 3.05) is 7.05 Å². The third-order valence-electron chi connectivity index (χ3n) is 5.13. The van der Waals surface area contributed by atoms with Gasteiger partial charge in [-0.15, -0.1) is 0 Å². The van der Waals surface area contributed by atoms with Gasteiger partial charge in [-0.2, -0.15) is 18.3 Å².